The third-order valence-electron chi connectivity index (χ3n) is 5.75. The predicted molar refractivity (Wildman–Crippen MR) is 115 cm³/mol. The van der Waals surface area contributed by atoms with E-state index >= 15 is 0 Å². The summed E-state index contributed by atoms with van der Waals surface area (Å²) >= 11 is 0. The van der Waals surface area contributed by atoms with Crippen molar-refractivity contribution in [1.82, 2.24) is 30.3 Å². The molecule has 158 valence electrons. The Labute approximate surface area is 170 Å². The Kier molecular flexibility index (Phi) is 8.58. The first-order valence-corrected chi connectivity index (χ1v) is 11.5. The Hall–Kier alpha value is -1.63. The number of aryl methyl sites for hydroxylation is 2. The summed E-state index contributed by atoms with van der Waals surface area (Å²) in [7, 11) is 0. The van der Waals surface area contributed by atoms with Crippen molar-refractivity contribution in [1.29, 1.82) is 0 Å². The third-order valence-corrected chi connectivity index (χ3v) is 5.75. The minimum atomic E-state index is 0.371. The summed E-state index contributed by atoms with van der Waals surface area (Å²) in [5.74, 6) is 3.04. The number of guanidine groups is 1. The van der Waals surface area contributed by atoms with Gasteiger partial charge in [-0.15, -0.1) is 0 Å². The third kappa shape index (κ3) is 6.47. The lowest BCUT2D eigenvalue weighted by Crippen LogP contribution is -2.47. The quantitative estimate of drug-likeness (QED) is 0.385. The first kappa shape index (κ1) is 21.1. The Balaban J connectivity index is 1.37. The summed E-state index contributed by atoms with van der Waals surface area (Å²) in [6, 6.07) is 0.371. The number of hydrogen-bond acceptors (Lipinski definition) is 4. The number of hydrogen-bond donors (Lipinski definition) is 2. The molecule has 1 aromatic heterocycles. The molecule has 0 aromatic carbocycles. The van der Waals surface area contributed by atoms with Crippen LogP contribution in [-0.4, -0.2) is 64.4 Å². The Morgan fingerprint density at radius 2 is 2.00 bits per heavy atom. The average molecular weight is 390 g/mol. The van der Waals surface area contributed by atoms with E-state index in [4.69, 9.17) is 4.99 Å². The highest BCUT2D eigenvalue weighted by molar-refractivity contribution is 5.80. The number of likely N-dealkylation sites (tertiary alicyclic amines) is 1. The molecule has 7 nitrogen and oxygen atoms in total. The standard InChI is InChI=1S/C21H39N7/c1-3-19-25-20-12-11-18(17-28(20)26-19)24-21(22-4-2)23-13-7-5-8-14-27-15-9-6-10-16-27/h18H,3-17H2,1-2H3,(H2,22,23,24). The van der Waals surface area contributed by atoms with Gasteiger partial charge in [-0.3, -0.25) is 4.99 Å². The fourth-order valence-corrected chi connectivity index (χ4v) is 4.14. The van der Waals surface area contributed by atoms with E-state index in [0.717, 1.165) is 56.5 Å². The maximum Gasteiger partial charge on any atom is 0.191 e. The highest BCUT2D eigenvalue weighted by atomic mass is 15.4. The zero-order valence-corrected chi connectivity index (χ0v) is 17.9. The van der Waals surface area contributed by atoms with Gasteiger partial charge >= 0.3 is 0 Å². The summed E-state index contributed by atoms with van der Waals surface area (Å²) in [5.41, 5.74) is 0. The molecule has 0 spiro atoms. The van der Waals surface area contributed by atoms with Crippen LogP contribution in [-0.2, 0) is 19.4 Å². The van der Waals surface area contributed by atoms with Crippen LogP contribution in [0.25, 0.3) is 0 Å². The summed E-state index contributed by atoms with van der Waals surface area (Å²) in [6.07, 6.45) is 10.9. The average Bonchev–Trinajstić information content (AvgIpc) is 3.14. The second-order valence-electron chi connectivity index (χ2n) is 8.08. The number of piperidine rings is 1. The molecule has 1 unspecified atom stereocenters. The van der Waals surface area contributed by atoms with Gasteiger partial charge in [0.2, 0.25) is 0 Å². The van der Waals surface area contributed by atoms with Crippen molar-refractivity contribution < 1.29 is 0 Å². The molecule has 3 rings (SSSR count). The lowest BCUT2D eigenvalue weighted by molar-refractivity contribution is 0.224. The number of nitrogens with zero attached hydrogens (tertiary/aromatic N) is 5. The number of fused-ring (bicyclic) bond motifs is 1. The number of aromatic nitrogens is 3. The summed E-state index contributed by atoms with van der Waals surface area (Å²) in [4.78, 5) is 12.0. The van der Waals surface area contributed by atoms with E-state index in [-0.39, 0.29) is 0 Å². The van der Waals surface area contributed by atoms with E-state index in [1.54, 1.807) is 0 Å². The molecule has 0 aliphatic carbocycles. The minimum absolute atomic E-state index is 0.371. The first-order chi connectivity index (χ1) is 13.8. The van der Waals surface area contributed by atoms with E-state index in [1.807, 2.05) is 0 Å². The van der Waals surface area contributed by atoms with E-state index in [2.05, 4.69) is 44.1 Å². The van der Waals surface area contributed by atoms with Gasteiger partial charge in [-0.25, -0.2) is 9.67 Å². The van der Waals surface area contributed by atoms with Crippen LogP contribution in [0.15, 0.2) is 4.99 Å². The molecular formula is C21H39N7. The topological polar surface area (TPSA) is 70.4 Å². The Morgan fingerprint density at radius 3 is 2.79 bits per heavy atom. The van der Waals surface area contributed by atoms with Gasteiger partial charge in [0.05, 0.1) is 6.54 Å². The second kappa shape index (κ2) is 11.4. The largest absolute Gasteiger partial charge is 0.357 e. The van der Waals surface area contributed by atoms with Crippen LogP contribution < -0.4 is 10.6 Å². The van der Waals surface area contributed by atoms with Crippen LogP contribution in [0, 0.1) is 0 Å². The normalized spacial score (nSPS) is 20.8. The fourth-order valence-electron chi connectivity index (χ4n) is 4.14. The number of nitrogens with one attached hydrogen (secondary N) is 2. The van der Waals surface area contributed by atoms with Crippen LogP contribution in [0.1, 0.15) is 70.4 Å². The zero-order chi connectivity index (χ0) is 19.6. The molecule has 2 aliphatic rings. The molecule has 2 aliphatic heterocycles. The maximum atomic E-state index is 4.80. The van der Waals surface area contributed by atoms with E-state index in [0.29, 0.717) is 6.04 Å². The molecule has 1 aromatic rings. The zero-order valence-electron chi connectivity index (χ0n) is 17.9. The van der Waals surface area contributed by atoms with Gasteiger partial charge in [-0.2, -0.15) is 5.10 Å². The Bertz CT molecular complexity index is 604. The summed E-state index contributed by atoms with van der Waals surface area (Å²) in [5, 5.41) is 11.6. The van der Waals surface area contributed by atoms with Crippen molar-refractivity contribution in [2.45, 2.75) is 84.2 Å². The molecule has 0 bridgehead atoms. The monoisotopic (exact) mass is 389 g/mol. The molecule has 3 heterocycles. The Morgan fingerprint density at radius 1 is 1.14 bits per heavy atom. The van der Waals surface area contributed by atoms with Crippen molar-refractivity contribution in [2.24, 2.45) is 4.99 Å². The van der Waals surface area contributed by atoms with Gasteiger partial charge in [0.1, 0.15) is 5.82 Å². The molecule has 0 radical (unpaired) electrons. The molecule has 7 heteroatoms. The number of aliphatic imine (C=N–C) groups is 1. The van der Waals surface area contributed by atoms with Crippen LogP contribution >= 0.6 is 0 Å². The van der Waals surface area contributed by atoms with Crippen LogP contribution in [0.3, 0.4) is 0 Å². The van der Waals surface area contributed by atoms with Gasteiger partial charge in [-0.1, -0.05) is 19.8 Å². The fraction of sp³-hybridized carbons (Fsp3) is 0.857. The van der Waals surface area contributed by atoms with Crippen LogP contribution in [0.5, 0.6) is 0 Å². The second-order valence-corrected chi connectivity index (χ2v) is 8.08. The summed E-state index contributed by atoms with van der Waals surface area (Å²) < 4.78 is 2.07. The molecule has 2 N–H and O–H groups in total. The van der Waals surface area contributed by atoms with Gasteiger partial charge in [0.15, 0.2) is 11.8 Å². The molecule has 1 atom stereocenters. The van der Waals surface area contributed by atoms with Crippen molar-refractivity contribution in [2.75, 3.05) is 32.7 Å². The number of unbranched alkanes of at least 4 members (excludes halogenated alkanes) is 2. The van der Waals surface area contributed by atoms with E-state index in [1.165, 1.54) is 58.2 Å². The van der Waals surface area contributed by atoms with Gasteiger partial charge < -0.3 is 15.5 Å². The van der Waals surface area contributed by atoms with Crippen LogP contribution in [0.4, 0.5) is 0 Å². The molecule has 1 fully saturated rings. The first-order valence-electron chi connectivity index (χ1n) is 11.5. The van der Waals surface area contributed by atoms with Gasteiger partial charge in [0.25, 0.3) is 0 Å². The minimum Gasteiger partial charge on any atom is -0.357 e. The molecular weight excluding hydrogens is 350 g/mol. The van der Waals surface area contributed by atoms with Crippen molar-refractivity contribution in [3.63, 3.8) is 0 Å². The molecule has 0 saturated carbocycles. The lowest BCUT2D eigenvalue weighted by atomic mass is 10.1. The maximum absolute atomic E-state index is 4.80. The van der Waals surface area contributed by atoms with Crippen LogP contribution in [0.2, 0.25) is 0 Å². The highest BCUT2D eigenvalue weighted by Gasteiger charge is 2.22. The molecule has 1 saturated heterocycles. The molecule has 28 heavy (non-hydrogen) atoms. The van der Waals surface area contributed by atoms with Crippen molar-refractivity contribution in [3.05, 3.63) is 11.6 Å². The smallest absolute Gasteiger partial charge is 0.191 e. The summed E-state index contributed by atoms with van der Waals surface area (Å²) in [6.45, 7) is 10.8. The lowest BCUT2D eigenvalue weighted by Gasteiger charge is -2.26. The predicted octanol–water partition coefficient (Wildman–Crippen LogP) is 2.37. The van der Waals surface area contributed by atoms with Crippen molar-refractivity contribution in [3.8, 4) is 0 Å². The highest BCUT2D eigenvalue weighted by Crippen LogP contribution is 2.13. The number of rotatable bonds is 9. The van der Waals surface area contributed by atoms with E-state index in [9.17, 15) is 0 Å². The van der Waals surface area contributed by atoms with Gasteiger partial charge in [0, 0.05) is 32.0 Å². The SMILES string of the molecule is CCNC(=NCCCCCN1CCCCC1)NC1CCc2nc(CC)nn2C1. The molecule has 0 amide bonds. The van der Waals surface area contributed by atoms with Gasteiger partial charge in [-0.05, 0) is 58.7 Å². The van der Waals surface area contributed by atoms with Crippen molar-refractivity contribution >= 4 is 5.96 Å². The van der Waals surface area contributed by atoms with E-state index < -0.39 is 0 Å².